The highest BCUT2D eigenvalue weighted by molar-refractivity contribution is 7.13. The second-order valence-corrected chi connectivity index (χ2v) is 8.30. The van der Waals surface area contributed by atoms with Gasteiger partial charge in [0.1, 0.15) is 0 Å². The summed E-state index contributed by atoms with van der Waals surface area (Å²) in [6.07, 6.45) is 5.64. The Morgan fingerprint density at radius 1 is 1.36 bits per heavy atom. The number of hydrogen-bond acceptors (Lipinski definition) is 5. The first-order valence-electron chi connectivity index (χ1n) is 9.21. The smallest absolute Gasteiger partial charge is 0.229 e. The maximum absolute atomic E-state index is 12.6. The minimum absolute atomic E-state index is 0.0515. The van der Waals surface area contributed by atoms with Crippen LogP contribution >= 0.6 is 11.3 Å². The van der Waals surface area contributed by atoms with Crippen molar-refractivity contribution >= 4 is 28.3 Å². The lowest BCUT2D eigenvalue weighted by molar-refractivity contribution is -0.134. The van der Waals surface area contributed by atoms with Gasteiger partial charge in [-0.05, 0) is 45.1 Å². The topological polar surface area (TPSA) is 74.3 Å². The summed E-state index contributed by atoms with van der Waals surface area (Å²) in [4.78, 5) is 31.1. The molecule has 0 radical (unpaired) electrons. The molecule has 2 heterocycles. The number of carbonyl (C=O) groups is 2. The highest BCUT2D eigenvalue weighted by Crippen LogP contribution is 2.28. The van der Waals surface area contributed by atoms with Crippen LogP contribution in [0.1, 0.15) is 44.2 Å². The van der Waals surface area contributed by atoms with E-state index >= 15 is 0 Å². The standard InChI is InChI=1S/C18H28N4O2S/c1-12-11-25-18(20-12)21-17(24)14-4-3-5-15(19-9-13-6-7-13)10-22(2)16(23)8-14/h11,13-15,19H,3-10H2,1-2H3,(H,20,21,24)/t14-,15-/m1/s1. The highest BCUT2D eigenvalue weighted by Gasteiger charge is 2.28. The number of rotatable bonds is 5. The van der Waals surface area contributed by atoms with Crippen molar-refractivity contribution in [2.75, 3.05) is 25.5 Å². The van der Waals surface area contributed by atoms with Crippen molar-refractivity contribution in [1.29, 1.82) is 0 Å². The quantitative estimate of drug-likeness (QED) is 0.841. The van der Waals surface area contributed by atoms with Crippen molar-refractivity contribution in [1.82, 2.24) is 15.2 Å². The van der Waals surface area contributed by atoms with E-state index in [9.17, 15) is 9.59 Å². The average Bonchev–Trinajstić information content (AvgIpc) is 3.31. The molecule has 0 unspecified atom stereocenters. The number of aryl methyl sites for hydroxylation is 1. The van der Waals surface area contributed by atoms with Gasteiger partial charge in [-0.1, -0.05) is 6.42 Å². The molecule has 1 aromatic heterocycles. The first-order valence-corrected chi connectivity index (χ1v) is 10.1. The highest BCUT2D eigenvalue weighted by atomic mass is 32.1. The lowest BCUT2D eigenvalue weighted by atomic mass is 9.96. The van der Waals surface area contributed by atoms with Crippen molar-refractivity contribution in [2.45, 2.75) is 51.5 Å². The number of thiazole rings is 1. The largest absolute Gasteiger partial charge is 0.344 e. The molecule has 1 saturated heterocycles. The number of carbonyl (C=O) groups excluding carboxylic acids is 2. The number of anilines is 1. The molecule has 2 aliphatic rings. The Balaban J connectivity index is 1.57. The van der Waals surface area contributed by atoms with Crippen LogP contribution in [0.3, 0.4) is 0 Å². The molecule has 138 valence electrons. The molecule has 6 nitrogen and oxygen atoms in total. The fourth-order valence-corrected chi connectivity index (χ4v) is 3.96. The third-order valence-corrected chi connectivity index (χ3v) is 5.93. The summed E-state index contributed by atoms with van der Waals surface area (Å²) >= 11 is 1.42. The molecule has 25 heavy (non-hydrogen) atoms. The molecule has 2 amide bonds. The molecule has 1 aromatic rings. The number of aromatic nitrogens is 1. The van der Waals surface area contributed by atoms with E-state index in [1.54, 1.807) is 4.90 Å². The summed E-state index contributed by atoms with van der Waals surface area (Å²) < 4.78 is 0. The summed E-state index contributed by atoms with van der Waals surface area (Å²) in [5.74, 6) is 0.520. The molecule has 3 rings (SSSR count). The van der Waals surface area contributed by atoms with Gasteiger partial charge in [0.25, 0.3) is 0 Å². The van der Waals surface area contributed by atoms with Gasteiger partial charge < -0.3 is 15.5 Å². The molecule has 2 atom stereocenters. The second-order valence-electron chi connectivity index (χ2n) is 7.44. The lowest BCUT2D eigenvalue weighted by Crippen LogP contribution is -2.42. The number of hydrogen-bond donors (Lipinski definition) is 2. The summed E-state index contributed by atoms with van der Waals surface area (Å²) in [7, 11) is 1.85. The van der Waals surface area contributed by atoms with Crippen LogP contribution < -0.4 is 10.6 Å². The first-order chi connectivity index (χ1) is 12.0. The molecule has 2 N–H and O–H groups in total. The van der Waals surface area contributed by atoms with Crippen LogP contribution in [0.5, 0.6) is 0 Å². The van der Waals surface area contributed by atoms with Crippen LogP contribution in [0.4, 0.5) is 5.13 Å². The zero-order chi connectivity index (χ0) is 17.8. The van der Waals surface area contributed by atoms with Crippen LogP contribution in [0.2, 0.25) is 0 Å². The van der Waals surface area contributed by atoms with E-state index in [0.29, 0.717) is 11.2 Å². The summed E-state index contributed by atoms with van der Waals surface area (Å²) in [5, 5.41) is 9.02. The van der Waals surface area contributed by atoms with E-state index in [1.165, 1.54) is 24.2 Å². The zero-order valence-electron chi connectivity index (χ0n) is 15.1. The van der Waals surface area contributed by atoms with Crippen LogP contribution in [0.15, 0.2) is 5.38 Å². The third kappa shape index (κ3) is 5.51. The van der Waals surface area contributed by atoms with E-state index in [1.807, 2.05) is 19.4 Å². The van der Waals surface area contributed by atoms with Crippen LogP contribution in [-0.4, -0.2) is 47.9 Å². The Bertz CT molecular complexity index is 614. The van der Waals surface area contributed by atoms with Gasteiger partial charge in [-0.25, -0.2) is 4.98 Å². The van der Waals surface area contributed by atoms with Gasteiger partial charge in [-0.2, -0.15) is 0 Å². The van der Waals surface area contributed by atoms with Crippen LogP contribution in [-0.2, 0) is 9.59 Å². The van der Waals surface area contributed by atoms with Crippen LogP contribution in [0.25, 0.3) is 0 Å². The van der Waals surface area contributed by atoms with Gasteiger partial charge in [0, 0.05) is 37.4 Å². The van der Waals surface area contributed by atoms with Crippen molar-refractivity contribution in [2.24, 2.45) is 11.8 Å². The maximum Gasteiger partial charge on any atom is 0.229 e. The van der Waals surface area contributed by atoms with E-state index in [4.69, 9.17) is 0 Å². The molecule has 1 aliphatic heterocycles. The van der Waals surface area contributed by atoms with Crippen LogP contribution in [0, 0.1) is 18.8 Å². The maximum atomic E-state index is 12.6. The molecule has 0 aromatic carbocycles. The monoisotopic (exact) mass is 364 g/mol. The minimum Gasteiger partial charge on any atom is -0.344 e. The fourth-order valence-electron chi connectivity index (χ4n) is 3.27. The molecule has 7 heteroatoms. The molecule has 0 spiro atoms. The van der Waals surface area contributed by atoms with Gasteiger partial charge in [-0.15, -0.1) is 11.3 Å². The Morgan fingerprint density at radius 2 is 2.16 bits per heavy atom. The Hall–Kier alpha value is -1.47. The van der Waals surface area contributed by atoms with Gasteiger partial charge in [-0.3, -0.25) is 9.59 Å². The third-order valence-electron chi connectivity index (χ3n) is 5.06. The minimum atomic E-state index is -0.277. The fraction of sp³-hybridized carbons (Fsp3) is 0.722. The Labute approximate surface area is 153 Å². The van der Waals surface area contributed by atoms with E-state index in [0.717, 1.165) is 44.0 Å². The van der Waals surface area contributed by atoms with Crippen molar-refractivity contribution in [3.63, 3.8) is 0 Å². The van der Waals surface area contributed by atoms with Gasteiger partial charge in [0.15, 0.2) is 5.13 Å². The second kappa shape index (κ2) is 8.27. The lowest BCUT2D eigenvalue weighted by Gasteiger charge is -2.24. The Kier molecular flexibility index (Phi) is 6.06. The van der Waals surface area contributed by atoms with E-state index in [2.05, 4.69) is 15.6 Å². The van der Waals surface area contributed by atoms with Gasteiger partial charge >= 0.3 is 0 Å². The predicted octanol–water partition coefficient (Wildman–Crippen LogP) is 2.41. The summed E-state index contributed by atoms with van der Waals surface area (Å²) in [6.45, 7) is 3.69. The zero-order valence-corrected chi connectivity index (χ0v) is 15.9. The number of nitrogens with one attached hydrogen (secondary N) is 2. The average molecular weight is 365 g/mol. The number of nitrogens with zero attached hydrogens (tertiary/aromatic N) is 2. The molecule has 0 bridgehead atoms. The number of likely N-dealkylation sites (N-methyl/N-ethyl adjacent to an activating group) is 1. The first kappa shape index (κ1) is 18.3. The predicted molar refractivity (Wildman–Crippen MR) is 99.6 cm³/mol. The Morgan fingerprint density at radius 3 is 2.84 bits per heavy atom. The molecular formula is C18H28N4O2S. The summed E-state index contributed by atoms with van der Waals surface area (Å²) in [5.41, 5.74) is 0.898. The normalized spacial score (nSPS) is 25.2. The molecular weight excluding hydrogens is 336 g/mol. The van der Waals surface area contributed by atoms with Gasteiger partial charge in [0.2, 0.25) is 11.8 Å². The molecule has 2 fully saturated rings. The molecule has 1 aliphatic carbocycles. The summed E-state index contributed by atoms with van der Waals surface area (Å²) in [6, 6.07) is 0.331. The van der Waals surface area contributed by atoms with Crippen molar-refractivity contribution in [3.05, 3.63) is 11.1 Å². The van der Waals surface area contributed by atoms with Crippen molar-refractivity contribution in [3.8, 4) is 0 Å². The SMILES string of the molecule is Cc1csc(NC(=O)[C@@H]2CCC[C@@H](NCC3CC3)CN(C)C(=O)C2)n1. The van der Waals surface area contributed by atoms with E-state index < -0.39 is 0 Å². The number of amides is 2. The van der Waals surface area contributed by atoms with Crippen molar-refractivity contribution < 1.29 is 9.59 Å². The van der Waals surface area contributed by atoms with E-state index in [-0.39, 0.29) is 24.2 Å². The van der Waals surface area contributed by atoms with Gasteiger partial charge in [0.05, 0.1) is 5.69 Å². The molecule has 1 saturated carbocycles.